The van der Waals surface area contributed by atoms with Gasteiger partial charge in [0.25, 0.3) is 0 Å². The molecule has 0 atom stereocenters. The van der Waals surface area contributed by atoms with Crippen molar-refractivity contribution in [1.82, 2.24) is 4.90 Å². The van der Waals surface area contributed by atoms with Crippen molar-refractivity contribution in [3.63, 3.8) is 0 Å². The molecule has 0 fully saturated rings. The minimum atomic E-state index is 0.106. The molecule has 3 N–H and O–H groups in total. The van der Waals surface area contributed by atoms with E-state index >= 15 is 0 Å². The van der Waals surface area contributed by atoms with Gasteiger partial charge in [0.2, 0.25) is 0 Å². The average Bonchev–Trinajstić information content (AvgIpc) is 2.34. The normalized spacial score (nSPS) is 11.9. The first-order chi connectivity index (χ1) is 8.47. The van der Waals surface area contributed by atoms with Crippen molar-refractivity contribution in [3.8, 4) is 0 Å². The van der Waals surface area contributed by atoms with Crippen molar-refractivity contribution in [2.75, 3.05) is 39.1 Å². The molecule has 6 heteroatoms. The molecule has 0 aliphatic heterocycles. The van der Waals surface area contributed by atoms with Crippen LogP contribution in [0.1, 0.15) is 5.56 Å². The molecular formula is C12H19BrN4O. The number of anilines is 1. The van der Waals surface area contributed by atoms with Crippen LogP contribution in [0.15, 0.2) is 27.8 Å². The smallest absolute Gasteiger partial charge is 0.173 e. The molecule has 0 aliphatic carbocycles. The Balaban J connectivity index is 3.04. The van der Waals surface area contributed by atoms with Gasteiger partial charge in [-0.3, -0.25) is 0 Å². The summed E-state index contributed by atoms with van der Waals surface area (Å²) < 4.78 is 0.812. The van der Waals surface area contributed by atoms with E-state index in [-0.39, 0.29) is 5.84 Å². The zero-order valence-corrected chi connectivity index (χ0v) is 12.5. The molecule has 0 bridgehead atoms. The highest BCUT2D eigenvalue weighted by Gasteiger charge is 2.14. The molecule has 0 aliphatic rings. The molecule has 0 aromatic heterocycles. The van der Waals surface area contributed by atoms with Gasteiger partial charge in [-0.1, -0.05) is 11.2 Å². The van der Waals surface area contributed by atoms with Crippen LogP contribution in [-0.4, -0.2) is 50.2 Å². The second-order valence-electron chi connectivity index (χ2n) is 4.34. The molecule has 0 spiro atoms. The highest BCUT2D eigenvalue weighted by atomic mass is 79.9. The Labute approximate surface area is 116 Å². The zero-order chi connectivity index (χ0) is 13.7. The number of nitrogens with two attached hydrogens (primary N) is 1. The third-order valence-corrected chi connectivity index (χ3v) is 3.31. The fraction of sp³-hybridized carbons (Fsp3) is 0.417. The summed E-state index contributed by atoms with van der Waals surface area (Å²) in [6.07, 6.45) is 0. The minimum absolute atomic E-state index is 0.106. The minimum Gasteiger partial charge on any atom is -0.409 e. The van der Waals surface area contributed by atoms with Crippen molar-refractivity contribution < 1.29 is 5.21 Å². The fourth-order valence-corrected chi connectivity index (χ4v) is 2.16. The Morgan fingerprint density at radius 3 is 2.56 bits per heavy atom. The van der Waals surface area contributed by atoms with Crippen LogP contribution in [0.3, 0.4) is 0 Å². The monoisotopic (exact) mass is 314 g/mol. The highest BCUT2D eigenvalue weighted by molar-refractivity contribution is 9.10. The number of oxime groups is 1. The molecule has 0 amide bonds. The summed E-state index contributed by atoms with van der Waals surface area (Å²) in [4.78, 5) is 4.19. The van der Waals surface area contributed by atoms with E-state index in [0.717, 1.165) is 23.2 Å². The van der Waals surface area contributed by atoms with Gasteiger partial charge in [-0.05, 0) is 42.2 Å². The number of hydrogen-bond acceptors (Lipinski definition) is 4. The van der Waals surface area contributed by atoms with E-state index < -0.39 is 0 Å². The van der Waals surface area contributed by atoms with Gasteiger partial charge in [0.1, 0.15) is 0 Å². The summed E-state index contributed by atoms with van der Waals surface area (Å²) >= 11 is 3.43. The Morgan fingerprint density at radius 2 is 2.00 bits per heavy atom. The molecule has 0 heterocycles. The van der Waals surface area contributed by atoms with Gasteiger partial charge in [-0.2, -0.15) is 0 Å². The van der Waals surface area contributed by atoms with Crippen molar-refractivity contribution >= 4 is 27.5 Å². The predicted octanol–water partition coefficient (Wildman–Crippen LogP) is 1.54. The first-order valence-electron chi connectivity index (χ1n) is 5.59. The maximum Gasteiger partial charge on any atom is 0.173 e. The molecule has 1 rings (SSSR count). The standard InChI is InChI=1S/C12H19BrN4O/c1-16(2)7-8-17(3)10-6-4-5-9(13)11(10)12(14)15-18/h4-6,18H,7-8H2,1-3H3,(H2,14,15). The van der Waals surface area contributed by atoms with E-state index in [9.17, 15) is 0 Å². The Hall–Kier alpha value is -1.27. The van der Waals surface area contributed by atoms with E-state index in [4.69, 9.17) is 10.9 Å². The van der Waals surface area contributed by atoms with Gasteiger partial charge in [0.05, 0.1) is 5.56 Å². The summed E-state index contributed by atoms with van der Waals surface area (Å²) in [5.41, 5.74) is 7.36. The lowest BCUT2D eigenvalue weighted by atomic mass is 10.1. The number of hydrogen-bond donors (Lipinski definition) is 2. The first-order valence-corrected chi connectivity index (χ1v) is 6.39. The van der Waals surface area contributed by atoms with Crippen molar-refractivity contribution in [2.24, 2.45) is 10.9 Å². The summed E-state index contributed by atoms with van der Waals surface area (Å²) in [5, 5.41) is 11.9. The Bertz CT molecular complexity index is 434. The second-order valence-corrected chi connectivity index (χ2v) is 5.20. The number of halogens is 1. The SMILES string of the molecule is CN(C)CCN(C)c1cccc(Br)c1/C(N)=N/O. The highest BCUT2D eigenvalue weighted by Crippen LogP contribution is 2.26. The van der Waals surface area contributed by atoms with Crippen LogP contribution in [0.4, 0.5) is 5.69 Å². The molecule has 0 unspecified atom stereocenters. The van der Waals surface area contributed by atoms with Crippen LogP contribution in [0, 0.1) is 0 Å². The fourth-order valence-electron chi connectivity index (χ4n) is 1.60. The van der Waals surface area contributed by atoms with Gasteiger partial charge in [0.15, 0.2) is 5.84 Å². The molecule has 5 nitrogen and oxygen atoms in total. The summed E-state index contributed by atoms with van der Waals surface area (Å²) in [5.74, 6) is 0.106. The van der Waals surface area contributed by atoms with E-state index in [0.29, 0.717) is 5.56 Å². The summed E-state index contributed by atoms with van der Waals surface area (Å²) in [6, 6.07) is 5.75. The molecule has 0 saturated carbocycles. The number of nitrogens with zero attached hydrogens (tertiary/aromatic N) is 3. The van der Waals surface area contributed by atoms with Crippen molar-refractivity contribution in [1.29, 1.82) is 0 Å². The predicted molar refractivity (Wildman–Crippen MR) is 78.5 cm³/mol. The zero-order valence-electron chi connectivity index (χ0n) is 10.9. The lowest BCUT2D eigenvalue weighted by molar-refractivity contribution is 0.318. The average molecular weight is 315 g/mol. The molecule has 0 saturated heterocycles. The molecule has 100 valence electrons. The van der Waals surface area contributed by atoms with Crippen LogP contribution < -0.4 is 10.6 Å². The maximum atomic E-state index is 8.85. The van der Waals surface area contributed by atoms with Gasteiger partial charge in [-0.15, -0.1) is 0 Å². The van der Waals surface area contributed by atoms with Crippen LogP contribution >= 0.6 is 15.9 Å². The van der Waals surface area contributed by atoms with Crippen LogP contribution in [0.5, 0.6) is 0 Å². The van der Waals surface area contributed by atoms with Gasteiger partial charge < -0.3 is 20.7 Å². The summed E-state index contributed by atoms with van der Waals surface area (Å²) in [6.45, 7) is 1.79. The summed E-state index contributed by atoms with van der Waals surface area (Å²) in [7, 11) is 6.04. The molecule has 1 aromatic carbocycles. The van der Waals surface area contributed by atoms with Gasteiger partial charge in [-0.25, -0.2) is 0 Å². The quantitative estimate of drug-likeness (QED) is 0.374. The lowest BCUT2D eigenvalue weighted by Crippen LogP contribution is -2.30. The van der Waals surface area contributed by atoms with Gasteiger partial charge >= 0.3 is 0 Å². The van der Waals surface area contributed by atoms with E-state index in [1.165, 1.54) is 0 Å². The number of benzene rings is 1. The molecular weight excluding hydrogens is 296 g/mol. The van der Waals surface area contributed by atoms with E-state index in [1.807, 2.05) is 39.3 Å². The molecule has 1 aromatic rings. The van der Waals surface area contributed by atoms with Crippen molar-refractivity contribution in [2.45, 2.75) is 0 Å². The third-order valence-electron chi connectivity index (χ3n) is 2.65. The maximum absolute atomic E-state index is 8.85. The van der Waals surface area contributed by atoms with Gasteiger partial charge in [0, 0.05) is 30.3 Å². The number of likely N-dealkylation sites (N-methyl/N-ethyl adjacent to an activating group) is 2. The Morgan fingerprint density at radius 1 is 1.33 bits per heavy atom. The second kappa shape index (κ2) is 6.61. The topological polar surface area (TPSA) is 65.1 Å². The molecule has 18 heavy (non-hydrogen) atoms. The van der Waals surface area contributed by atoms with Crippen LogP contribution in [-0.2, 0) is 0 Å². The third kappa shape index (κ3) is 3.61. The lowest BCUT2D eigenvalue weighted by Gasteiger charge is -2.24. The van der Waals surface area contributed by atoms with Crippen LogP contribution in [0.2, 0.25) is 0 Å². The van der Waals surface area contributed by atoms with Crippen molar-refractivity contribution in [3.05, 3.63) is 28.2 Å². The van der Waals surface area contributed by atoms with E-state index in [1.54, 1.807) is 0 Å². The van der Waals surface area contributed by atoms with E-state index in [2.05, 4.69) is 30.9 Å². The number of amidine groups is 1. The molecule has 0 radical (unpaired) electrons. The van der Waals surface area contributed by atoms with Crippen LogP contribution in [0.25, 0.3) is 0 Å². The largest absolute Gasteiger partial charge is 0.409 e. The first kappa shape index (κ1) is 14.8. The Kier molecular flexibility index (Phi) is 5.43. The number of rotatable bonds is 5.